The molecule has 0 fully saturated rings. The van der Waals surface area contributed by atoms with Crippen molar-refractivity contribution in [1.82, 2.24) is 0 Å². The molecule has 0 aliphatic rings. The largest absolute Gasteiger partial charge is 0.504 e. The SMILES string of the molecule is C.COc1cc(C)c(CC=C(C)C)c(O)c1OC.COc1cc(C)c(CC=C(C)C)c(OS(=O)(=O)c2ccc(C)cc2)c1OC. The lowest BCUT2D eigenvalue weighted by Crippen LogP contribution is -2.13. The van der Waals surface area contributed by atoms with Crippen LogP contribution in [0.4, 0.5) is 0 Å². The molecule has 0 amide bonds. The van der Waals surface area contributed by atoms with Crippen LogP contribution in [-0.4, -0.2) is 42.0 Å². The summed E-state index contributed by atoms with van der Waals surface area (Å²) in [5.74, 6) is 1.97. The number of phenolic OH excluding ortho intramolecular Hbond substituents is 1. The Morgan fingerprint density at radius 1 is 0.689 bits per heavy atom. The maximum atomic E-state index is 12.8. The quantitative estimate of drug-likeness (QED) is 0.164. The van der Waals surface area contributed by atoms with E-state index in [1.165, 1.54) is 39.0 Å². The smallest absolute Gasteiger partial charge is 0.339 e. The molecule has 8 nitrogen and oxygen atoms in total. The molecule has 0 atom stereocenters. The van der Waals surface area contributed by atoms with Gasteiger partial charge in [-0.3, -0.25) is 0 Å². The van der Waals surface area contributed by atoms with E-state index in [1.807, 2.05) is 66.7 Å². The molecule has 9 heteroatoms. The van der Waals surface area contributed by atoms with Crippen molar-refractivity contribution in [1.29, 1.82) is 0 Å². The molecule has 0 heterocycles. The molecular weight excluding hydrogens is 592 g/mol. The van der Waals surface area contributed by atoms with Crippen LogP contribution in [0.25, 0.3) is 0 Å². The Kier molecular flexibility index (Phi) is 15.0. The summed E-state index contributed by atoms with van der Waals surface area (Å²) in [6.07, 6.45) is 5.31. The van der Waals surface area contributed by atoms with Crippen LogP contribution in [0.5, 0.6) is 34.5 Å². The number of aromatic hydroxyl groups is 1. The second-order valence-corrected chi connectivity index (χ2v) is 12.4. The van der Waals surface area contributed by atoms with E-state index >= 15 is 0 Å². The fraction of sp³-hybridized carbons (Fsp3) is 0.389. The Morgan fingerprint density at radius 2 is 1.13 bits per heavy atom. The third-order valence-electron chi connectivity index (χ3n) is 6.86. The number of ether oxygens (including phenoxy) is 4. The minimum absolute atomic E-state index is 0. The Balaban J connectivity index is 0.000000487. The molecule has 3 aromatic carbocycles. The predicted molar refractivity (Wildman–Crippen MR) is 182 cm³/mol. The first-order valence-corrected chi connectivity index (χ1v) is 15.6. The predicted octanol–water partition coefficient (Wildman–Crippen LogP) is 8.46. The zero-order valence-corrected chi connectivity index (χ0v) is 28.6. The molecule has 3 rings (SSSR count). The van der Waals surface area contributed by atoms with Crippen molar-refractivity contribution in [3.05, 3.63) is 87.5 Å². The molecule has 0 saturated carbocycles. The summed E-state index contributed by atoms with van der Waals surface area (Å²) in [4.78, 5) is 0.0868. The van der Waals surface area contributed by atoms with Gasteiger partial charge in [0.25, 0.3) is 0 Å². The molecule has 0 aromatic heterocycles. The summed E-state index contributed by atoms with van der Waals surface area (Å²) in [7, 11) is 2.03. The zero-order chi connectivity index (χ0) is 33.2. The lowest BCUT2D eigenvalue weighted by atomic mass is 10.0. The van der Waals surface area contributed by atoms with E-state index in [0.717, 1.165) is 33.4 Å². The van der Waals surface area contributed by atoms with Gasteiger partial charge in [0.05, 0.1) is 28.4 Å². The third-order valence-corrected chi connectivity index (χ3v) is 8.09. The monoisotopic (exact) mass is 642 g/mol. The van der Waals surface area contributed by atoms with E-state index in [0.29, 0.717) is 30.1 Å². The number of methoxy groups -OCH3 is 4. The molecule has 0 bridgehead atoms. The van der Waals surface area contributed by atoms with Crippen molar-refractivity contribution in [2.24, 2.45) is 0 Å². The normalized spacial score (nSPS) is 10.4. The van der Waals surface area contributed by atoms with Crippen LogP contribution in [0.3, 0.4) is 0 Å². The van der Waals surface area contributed by atoms with Crippen LogP contribution in [0.2, 0.25) is 0 Å². The second kappa shape index (κ2) is 17.4. The fourth-order valence-electron chi connectivity index (χ4n) is 4.34. The molecule has 248 valence electrons. The molecule has 45 heavy (non-hydrogen) atoms. The van der Waals surface area contributed by atoms with Crippen molar-refractivity contribution in [3.63, 3.8) is 0 Å². The standard InChI is InChI=1S/C21H26O5S.C14H20O3.CH4/c1-14(2)7-12-18-16(4)13-19(24-5)21(25-6)20(18)26-27(22,23)17-10-8-15(3)9-11-17;1-9(2)6-7-11-10(3)8-12(16-4)14(17-5)13(11)15;/h7-11,13H,12H2,1-6H3;6,8,15H,7H2,1-5H3;1H4. The van der Waals surface area contributed by atoms with Gasteiger partial charge in [-0.2, -0.15) is 8.42 Å². The Hall–Kier alpha value is -4.11. The van der Waals surface area contributed by atoms with Gasteiger partial charge in [-0.1, -0.05) is 48.4 Å². The minimum Gasteiger partial charge on any atom is -0.504 e. The van der Waals surface area contributed by atoms with Crippen LogP contribution >= 0.6 is 0 Å². The van der Waals surface area contributed by atoms with Crippen LogP contribution in [-0.2, 0) is 23.0 Å². The summed E-state index contributed by atoms with van der Waals surface area (Å²) >= 11 is 0. The van der Waals surface area contributed by atoms with Crippen molar-refractivity contribution in [2.75, 3.05) is 28.4 Å². The van der Waals surface area contributed by atoms with Gasteiger partial charge in [0.2, 0.25) is 11.5 Å². The molecule has 0 radical (unpaired) electrons. The lowest BCUT2D eigenvalue weighted by Gasteiger charge is -2.19. The van der Waals surface area contributed by atoms with Gasteiger partial charge >= 0.3 is 10.1 Å². The molecule has 1 N–H and O–H groups in total. The summed E-state index contributed by atoms with van der Waals surface area (Å²) in [6, 6.07) is 10.2. The van der Waals surface area contributed by atoms with Crippen LogP contribution in [0.15, 0.2) is 64.6 Å². The van der Waals surface area contributed by atoms with Gasteiger partial charge in [-0.15, -0.1) is 0 Å². The van der Waals surface area contributed by atoms with Crippen molar-refractivity contribution >= 4 is 10.1 Å². The fourth-order valence-corrected chi connectivity index (χ4v) is 5.30. The number of phenols is 1. The third kappa shape index (κ3) is 10.2. The first-order chi connectivity index (χ1) is 20.7. The van der Waals surface area contributed by atoms with Crippen molar-refractivity contribution in [3.8, 4) is 34.5 Å². The summed E-state index contributed by atoms with van der Waals surface area (Å²) in [5, 5.41) is 10.2. The van der Waals surface area contributed by atoms with E-state index in [4.69, 9.17) is 23.1 Å². The van der Waals surface area contributed by atoms with E-state index in [-0.39, 0.29) is 29.6 Å². The summed E-state index contributed by atoms with van der Waals surface area (Å²) < 4.78 is 52.4. The molecule has 0 aliphatic carbocycles. The highest BCUT2D eigenvalue weighted by Gasteiger charge is 2.25. The summed E-state index contributed by atoms with van der Waals surface area (Å²) in [5.41, 5.74) is 6.79. The molecule has 0 saturated heterocycles. The number of aryl methyl sites for hydroxylation is 3. The maximum absolute atomic E-state index is 12.8. The van der Waals surface area contributed by atoms with Crippen LogP contribution in [0.1, 0.15) is 62.9 Å². The highest BCUT2D eigenvalue weighted by Crippen LogP contribution is 2.44. The minimum atomic E-state index is -4.02. The first-order valence-electron chi connectivity index (χ1n) is 14.2. The highest BCUT2D eigenvalue weighted by atomic mass is 32.2. The van der Waals surface area contributed by atoms with Crippen molar-refractivity contribution in [2.45, 2.75) is 73.6 Å². The van der Waals surface area contributed by atoms with Crippen LogP contribution < -0.4 is 23.1 Å². The first kappa shape index (κ1) is 38.9. The number of benzene rings is 3. The topological polar surface area (TPSA) is 101 Å². The van der Waals surface area contributed by atoms with E-state index in [1.54, 1.807) is 19.2 Å². The molecule has 0 spiro atoms. The number of hydrogen-bond acceptors (Lipinski definition) is 8. The van der Waals surface area contributed by atoms with Gasteiger partial charge in [0.1, 0.15) is 4.90 Å². The van der Waals surface area contributed by atoms with E-state index in [2.05, 4.69) is 6.08 Å². The molecule has 0 unspecified atom stereocenters. The maximum Gasteiger partial charge on any atom is 0.339 e. The van der Waals surface area contributed by atoms with Gasteiger partial charge in [0, 0.05) is 11.1 Å². The average molecular weight is 643 g/mol. The van der Waals surface area contributed by atoms with E-state index < -0.39 is 10.1 Å². The molecular formula is C36H50O8S. The van der Waals surface area contributed by atoms with Crippen molar-refractivity contribution < 1.29 is 36.7 Å². The Labute approximate surface area is 270 Å². The lowest BCUT2D eigenvalue weighted by molar-refractivity contribution is 0.331. The summed E-state index contributed by atoms with van der Waals surface area (Å²) in [6.45, 7) is 13.8. The van der Waals surface area contributed by atoms with Gasteiger partial charge in [-0.25, -0.2) is 0 Å². The van der Waals surface area contributed by atoms with Crippen LogP contribution in [0, 0.1) is 20.8 Å². The number of allylic oxidation sites excluding steroid dienone is 4. The van der Waals surface area contributed by atoms with Gasteiger partial charge < -0.3 is 28.2 Å². The average Bonchev–Trinajstić information content (AvgIpc) is 2.96. The van der Waals surface area contributed by atoms with Gasteiger partial charge in [-0.05, 0) is 96.7 Å². The Morgan fingerprint density at radius 3 is 1.58 bits per heavy atom. The molecule has 0 aliphatic heterocycles. The highest BCUT2D eigenvalue weighted by molar-refractivity contribution is 7.87. The Bertz CT molecular complexity index is 1590. The molecule has 3 aromatic rings. The number of rotatable bonds is 11. The van der Waals surface area contributed by atoms with E-state index in [9.17, 15) is 13.5 Å². The zero-order valence-electron chi connectivity index (χ0n) is 27.7. The second-order valence-electron chi connectivity index (χ2n) is 10.8. The van der Waals surface area contributed by atoms with Gasteiger partial charge in [0.15, 0.2) is 23.0 Å². The number of hydrogen-bond donors (Lipinski definition) is 1.